The Hall–Kier alpha value is -0.380. The maximum Gasteiger partial charge on any atom is 0.0241 e. The molecule has 1 unspecified atom stereocenters. The van der Waals surface area contributed by atoms with E-state index < -0.39 is 0 Å². The molecule has 0 saturated heterocycles. The molecule has 1 aliphatic heterocycles. The summed E-state index contributed by atoms with van der Waals surface area (Å²) in [6, 6.07) is 2.35. The lowest BCUT2D eigenvalue weighted by Crippen LogP contribution is -2.25. The molecule has 14 heavy (non-hydrogen) atoms. The van der Waals surface area contributed by atoms with Crippen LogP contribution >= 0.6 is 11.3 Å². The maximum atomic E-state index is 5.69. The zero-order valence-corrected chi connectivity index (χ0v) is 9.73. The molecule has 2 rings (SSSR count). The molecule has 0 spiro atoms. The van der Waals surface area contributed by atoms with E-state index in [-0.39, 0.29) is 0 Å². The highest BCUT2D eigenvalue weighted by molar-refractivity contribution is 7.12. The van der Waals surface area contributed by atoms with Gasteiger partial charge in [0.1, 0.15) is 0 Å². The fourth-order valence-corrected chi connectivity index (χ4v) is 3.09. The third-order valence-electron chi connectivity index (χ3n) is 2.92. The highest BCUT2D eigenvalue weighted by atomic mass is 32.1. The first-order valence-corrected chi connectivity index (χ1v) is 6.02. The van der Waals surface area contributed by atoms with E-state index in [1.54, 1.807) is 4.88 Å². The van der Waals surface area contributed by atoms with Gasteiger partial charge in [0.2, 0.25) is 0 Å². The fraction of sp³-hybridized carbons (Fsp3) is 0.636. The van der Waals surface area contributed by atoms with Crippen LogP contribution in [0.2, 0.25) is 0 Å². The first kappa shape index (κ1) is 10.1. The van der Waals surface area contributed by atoms with E-state index in [0.717, 1.165) is 13.1 Å². The minimum Gasteiger partial charge on any atom is -0.330 e. The molecule has 2 nitrogen and oxygen atoms in total. The molecular weight excluding hydrogens is 192 g/mol. The third kappa shape index (κ3) is 1.85. The Morgan fingerprint density at radius 1 is 1.64 bits per heavy atom. The first-order valence-electron chi connectivity index (χ1n) is 5.20. The largest absolute Gasteiger partial charge is 0.330 e. The van der Waals surface area contributed by atoms with E-state index in [2.05, 4.69) is 24.9 Å². The Balaban J connectivity index is 2.23. The SMILES string of the molecule is CC(CN)c1cc2c(s1)CCN(C)C2. The van der Waals surface area contributed by atoms with Crippen molar-refractivity contribution < 1.29 is 0 Å². The van der Waals surface area contributed by atoms with Crippen molar-refractivity contribution in [3.05, 3.63) is 21.4 Å². The quantitative estimate of drug-likeness (QED) is 0.806. The van der Waals surface area contributed by atoms with Gasteiger partial charge in [-0.05, 0) is 31.6 Å². The van der Waals surface area contributed by atoms with Crippen LogP contribution < -0.4 is 5.73 Å². The van der Waals surface area contributed by atoms with Gasteiger partial charge in [0.15, 0.2) is 0 Å². The van der Waals surface area contributed by atoms with Crippen molar-refractivity contribution in [1.82, 2.24) is 4.90 Å². The van der Waals surface area contributed by atoms with Gasteiger partial charge < -0.3 is 10.6 Å². The van der Waals surface area contributed by atoms with E-state index in [9.17, 15) is 0 Å². The van der Waals surface area contributed by atoms with Crippen LogP contribution in [-0.2, 0) is 13.0 Å². The lowest BCUT2D eigenvalue weighted by atomic mass is 10.1. The van der Waals surface area contributed by atoms with Crippen molar-refractivity contribution in [3.8, 4) is 0 Å². The van der Waals surface area contributed by atoms with Gasteiger partial charge >= 0.3 is 0 Å². The number of hydrogen-bond acceptors (Lipinski definition) is 3. The van der Waals surface area contributed by atoms with Crippen LogP contribution in [0.15, 0.2) is 6.07 Å². The Morgan fingerprint density at radius 3 is 3.14 bits per heavy atom. The van der Waals surface area contributed by atoms with Crippen molar-refractivity contribution in [3.63, 3.8) is 0 Å². The number of likely N-dealkylation sites (N-methyl/N-ethyl adjacent to an activating group) is 1. The third-order valence-corrected chi connectivity index (χ3v) is 4.38. The van der Waals surface area contributed by atoms with Gasteiger partial charge in [-0.2, -0.15) is 0 Å². The number of fused-ring (bicyclic) bond motifs is 1. The van der Waals surface area contributed by atoms with E-state index in [1.165, 1.54) is 23.4 Å². The zero-order valence-electron chi connectivity index (χ0n) is 8.92. The summed E-state index contributed by atoms with van der Waals surface area (Å²) in [4.78, 5) is 5.43. The van der Waals surface area contributed by atoms with Crippen molar-refractivity contribution >= 4 is 11.3 Å². The number of rotatable bonds is 2. The number of thiophene rings is 1. The predicted octanol–water partition coefficient (Wildman–Crippen LogP) is 1.80. The van der Waals surface area contributed by atoms with Crippen LogP contribution in [0.3, 0.4) is 0 Å². The van der Waals surface area contributed by atoms with Gasteiger partial charge in [-0.3, -0.25) is 0 Å². The molecule has 0 bridgehead atoms. The number of nitrogens with zero attached hydrogens (tertiary/aromatic N) is 1. The second-order valence-corrected chi connectivity index (χ2v) is 5.39. The number of nitrogens with two attached hydrogens (primary N) is 1. The van der Waals surface area contributed by atoms with Gasteiger partial charge in [0, 0.05) is 28.8 Å². The van der Waals surface area contributed by atoms with E-state index in [0.29, 0.717) is 5.92 Å². The summed E-state index contributed by atoms with van der Waals surface area (Å²) in [5, 5.41) is 0. The average Bonchev–Trinajstić information content (AvgIpc) is 2.59. The normalized spacial score (nSPS) is 19.4. The van der Waals surface area contributed by atoms with Crippen LogP contribution in [0, 0.1) is 0 Å². The number of hydrogen-bond donors (Lipinski definition) is 1. The van der Waals surface area contributed by atoms with Gasteiger partial charge in [0.25, 0.3) is 0 Å². The second kappa shape index (κ2) is 4.01. The van der Waals surface area contributed by atoms with E-state index in [4.69, 9.17) is 5.73 Å². The van der Waals surface area contributed by atoms with Crippen molar-refractivity contribution in [2.24, 2.45) is 5.73 Å². The predicted molar refractivity (Wildman–Crippen MR) is 61.8 cm³/mol. The maximum absolute atomic E-state index is 5.69. The molecule has 0 aliphatic carbocycles. The summed E-state index contributed by atoms with van der Waals surface area (Å²) in [6.45, 7) is 5.28. The monoisotopic (exact) mass is 210 g/mol. The molecular formula is C11H18N2S. The molecule has 1 aromatic rings. The molecule has 0 saturated carbocycles. The molecule has 1 aromatic heterocycles. The Bertz CT molecular complexity index is 319. The van der Waals surface area contributed by atoms with Crippen LogP contribution in [0.4, 0.5) is 0 Å². The van der Waals surface area contributed by atoms with E-state index >= 15 is 0 Å². The molecule has 2 N–H and O–H groups in total. The fourth-order valence-electron chi connectivity index (χ4n) is 1.86. The smallest absolute Gasteiger partial charge is 0.0241 e. The Morgan fingerprint density at radius 2 is 2.43 bits per heavy atom. The molecule has 0 aromatic carbocycles. The summed E-state index contributed by atoms with van der Waals surface area (Å²) >= 11 is 1.96. The van der Waals surface area contributed by atoms with Gasteiger partial charge in [-0.25, -0.2) is 0 Å². The molecule has 0 radical (unpaired) electrons. The van der Waals surface area contributed by atoms with Gasteiger partial charge in [0.05, 0.1) is 0 Å². The Labute approximate surface area is 89.7 Å². The summed E-state index contributed by atoms with van der Waals surface area (Å²) in [5.41, 5.74) is 7.21. The average molecular weight is 210 g/mol. The zero-order chi connectivity index (χ0) is 10.1. The molecule has 3 heteroatoms. The molecule has 0 fully saturated rings. The molecule has 1 aliphatic rings. The minimum atomic E-state index is 0.524. The molecule has 78 valence electrons. The van der Waals surface area contributed by atoms with Crippen molar-refractivity contribution in [2.45, 2.75) is 25.8 Å². The summed E-state index contributed by atoms with van der Waals surface area (Å²) in [7, 11) is 2.19. The Kier molecular flexibility index (Phi) is 2.91. The highest BCUT2D eigenvalue weighted by Crippen LogP contribution is 2.31. The van der Waals surface area contributed by atoms with Gasteiger partial charge in [-0.1, -0.05) is 6.92 Å². The van der Waals surface area contributed by atoms with Crippen molar-refractivity contribution in [2.75, 3.05) is 20.1 Å². The first-order chi connectivity index (χ1) is 6.70. The van der Waals surface area contributed by atoms with Crippen molar-refractivity contribution in [1.29, 1.82) is 0 Å². The van der Waals surface area contributed by atoms with Gasteiger partial charge in [-0.15, -0.1) is 11.3 Å². The van der Waals surface area contributed by atoms with Crippen LogP contribution in [-0.4, -0.2) is 25.0 Å². The summed E-state index contributed by atoms with van der Waals surface area (Å²) in [6.07, 6.45) is 1.22. The summed E-state index contributed by atoms with van der Waals surface area (Å²) < 4.78 is 0. The lowest BCUT2D eigenvalue weighted by molar-refractivity contribution is 0.315. The highest BCUT2D eigenvalue weighted by Gasteiger charge is 2.18. The minimum absolute atomic E-state index is 0.524. The second-order valence-electron chi connectivity index (χ2n) is 4.22. The molecule has 1 atom stereocenters. The van der Waals surface area contributed by atoms with Crippen LogP contribution in [0.1, 0.15) is 28.2 Å². The summed E-state index contributed by atoms with van der Waals surface area (Å²) in [5.74, 6) is 0.524. The standard InChI is InChI=1S/C11H18N2S/c1-8(6-12)11-5-9-7-13(2)4-3-10(9)14-11/h5,8H,3-4,6-7,12H2,1-2H3. The lowest BCUT2D eigenvalue weighted by Gasteiger charge is -2.21. The molecule has 2 heterocycles. The molecule has 0 amide bonds. The van der Waals surface area contributed by atoms with Crippen LogP contribution in [0.5, 0.6) is 0 Å². The topological polar surface area (TPSA) is 29.3 Å². The van der Waals surface area contributed by atoms with E-state index in [1.807, 2.05) is 11.3 Å². The van der Waals surface area contributed by atoms with Crippen LogP contribution in [0.25, 0.3) is 0 Å².